The number of carbonyl (C=O) groups excluding carboxylic acids is 1. The summed E-state index contributed by atoms with van der Waals surface area (Å²) in [5.41, 5.74) is 2.03. The van der Waals surface area contributed by atoms with Gasteiger partial charge >= 0.3 is 0 Å². The highest BCUT2D eigenvalue weighted by molar-refractivity contribution is 7.93. The number of hydrogen-bond donors (Lipinski definition) is 2. The summed E-state index contributed by atoms with van der Waals surface area (Å²) >= 11 is 13.6. The lowest BCUT2D eigenvalue weighted by Crippen LogP contribution is -2.14. The van der Waals surface area contributed by atoms with Gasteiger partial charge in [0.1, 0.15) is 4.90 Å². The Labute approximate surface area is 177 Å². The number of rotatable bonds is 7. The number of halogens is 2. The van der Waals surface area contributed by atoms with E-state index in [4.69, 9.17) is 23.2 Å². The molecule has 28 heavy (non-hydrogen) atoms. The van der Waals surface area contributed by atoms with Crippen molar-refractivity contribution in [2.75, 3.05) is 10.0 Å². The van der Waals surface area contributed by atoms with E-state index in [-0.39, 0.29) is 20.8 Å². The summed E-state index contributed by atoms with van der Waals surface area (Å²) in [6.45, 7) is 0. The number of sulfonamides is 1. The number of amides is 1. The lowest BCUT2D eigenvalue weighted by atomic mass is 10.2. The molecule has 0 aliphatic rings. The Morgan fingerprint density at radius 3 is 2.21 bits per heavy atom. The maximum Gasteiger partial charge on any atom is 0.264 e. The Bertz CT molecular complexity index is 1050. The number of nitrogens with one attached hydrogen (secondary N) is 2. The number of thiophene rings is 1. The first kappa shape index (κ1) is 20.7. The summed E-state index contributed by atoms with van der Waals surface area (Å²) < 4.78 is 27.5. The number of aryl methyl sites for hydroxylation is 1. The van der Waals surface area contributed by atoms with Crippen LogP contribution in [-0.2, 0) is 21.2 Å². The second-order valence-electron chi connectivity index (χ2n) is 5.91. The molecule has 0 radical (unpaired) electrons. The Morgan fingerprint density at radius 2 is 1.61 bits per heavy atom. The Kier molecular flexibility index (Phi) is 6.61. The third kappa shape index (κ3) is 5.26. The highest BCUT2D eigenvalue weighted by Gasteiger charge is 2.21. The first-order valence-corrected chi connectivity index (χ1v) is 11.4. The Morgan fingerprint density at radius 1 is 0.964 bits per heavy atom. The van der Waals surface area contributed by atoms with E-state index in [1.807, 2.05) is 16.8 Å². The van der Waals surface area contributed by atoms with Crippen LogP contribution in [0.1, 0.15) is 12.0 Å². The van der Waals surface area contributed by atoms with E-state index >= 15 is 0 Å². The fourth-order valence-electron chi connectivity index (χ4n) is 2.48. The van der Waals surface area contributed by atoms with Gasteiger partial charge in [-0.2, -0.15) is 11.3 Å². The first-order chi connectivity index (χ1) is 13.3. The van der Waals surface area contributed by atoms with Gasteiger partial charge in [0.15, 0.2) is 0 Å². The van der Waals surface area contributed by atoms with Crippen LogP contribution in [0, 0.1) is 0 Å². The molecule has 9 heteroatoms. The standard InChI is InChI=1S/C19H16Cl2N2O3S2/c20-16-2-1-3-17(21)19(16)28(25,26)23-15-7-5-14(6-8-15)22-18(24)9-4-13-10-11-27-12-13/h1-3,5-8,10-12,23H,4,9H2,(H,22,24). The van der Waals surface area contributed by atoms with E-state index in [2.05, 4.69) is 10.0 Å². The fourth-order valence-corrected chi connectivity index (χ4v) is 5.39. The molecular formula is C19H16Cl2N2O3S2. The second kappa shape index (κ2) is 8.96. The second-order valence-corrected chi connectivity index (χ2v) is 9.13. The van der Waals surface area contributed by atoms with Gasteiger partial charge in [-0.05, 0) is 65.2 Å². The van der Waals surface area contributed by atoms with Gasteiger partial charge in [0.05, 0.1) is 10.0 Å². The summed E-state index contributed by atoms with van der Waals surface area (Å²) in [4.78, 5) is 11.9. The molecule has 0 fully saturated rings. The topological polar surface area (TPSA) is 75.3 Å². The van der Waals surface area contributed by atoms with Gasteiger partial charge in [0.2, 0.25) is 5.91 Å². The molecule has 0 saturated carbocycles. The van der Waals surface area contributed by atoms with Gasteiger partial charge in [-0.15, -0.1) is 0 Å². The van der Waals surface area contributed by atoms with Crippen molar-refractivity contribution in [1.29, 1.82) is 0 Å². The molecule has 5 nitrogen and oxygen atoms in total. The molecule has 0 spiro atoms. The molecule has 1 amide bonds. The SMILES string of the molecule is O=C(CCc1ccsc1)Nc1ccc(NS(=O)(=O)c2c(Cl)cccc2Cl)cc1. The average Bonchev–Trinajstić information content (AvgIpc) is 3.15. The zero-order valence-electron chi connectivity index (χ0n) is 14.5. The van der Waals surface area contributed by atoms with E-state index in [1.165, 1.54) is 12.1 Å². The van der Waals surface area contributed by atoms with Crippen LogP contribution in [0.2, 0.25) is 10.0 Å². The molecule has 1 aromatic heterocycles. The summed E-state index contributed by atoms with van der Waals surface area (Å²) in [6, 6.07) is 12.8. The van der Waals surface area contributed by atoms with E-state index in [1.54, 1.807) is 41.7 Å². The Balaban J connectivity index is 1.63. The minimum atomic E-state index is -3.94. The first-order valence-electron chi connectivity index (χ1n) is 8.23. The van der Waals surface area contributed by atoms with Crippen molar-refractivity contribution < 1.29 is 13.2 Å². The third-order valence-corrected chi connectivity index (χ3v) is 6.90. The predicted molar refractivity (Wildman–Crippen MR) is 115 cm³/mol. The van der Waals surface area contributed by atoms with Crippen LogP contribution >= 0.6 is 34.5 Å². The van der Waals surface area contributed by atoms with Crippen LogP contribution in [0.25, 0.3) is 0 Å². The van der Waals surface area contributed by atoms with Crippen molar-refractivity contribution in [3.05, 3.63) is 74.9 Å². The molecule has 3 aromatic rings. The van der Waals surface area contributed by atoms with Crippen molar-refractivity contribution in [2.45, 2.75) is 17.7 Å². The molecule has 0 saturated heterocycles. The van der Waals surface area contributed by atoms with E-state index in [0.717, 1.165) is 5.56 Å². The molecule has 2 aromatic carbocycles. The molecule has 0 atom stereocenters. The van der Waals surface area contributed by atoms with Crippen LogP contribution in [0.3, 0.4) is 0 Å². The van der Waals surface area contributed by atoms with Gasteiger partial charge in [0.25, 0.3) is 10.0 Å². The van der Waals surface area contributed by atoms with E-state index in [9.17, 15) is 13.2 Å². The fraction of sp³-hybridized carbons (Fsp3) is 0.105. The van der Waals surface area contributed by atoms with Crippen LogP contribution < -0.4 is 10.0 Å². The van der Waals surface area contributed by atoms with Gasteiger partial charge in [-0.3, -0.25) is 9.52 Å². The maximum atomic E-state index is 12.6. The minimum absolute atomic E-state index is 0.0366. The molecule has 3 rings (SSSR count). The largest absolute Gasteiger partial charge is 0.326 e. The summed E-state index contributed by atoms with van der Waals surface area (Å²) in [5, 5.41) is 6.85. The van der Waals surface area contributed by atoms with E-state index in [0.29, 0.717) is 24.2 Å². The average molecular weight is 455 g/mol. The van der Waals surface area contributed by atoms with Crippen LogP contribution in [0.5, 0.6) is 0 Å². The van der Waals surface area contributed by atoms with Crippen molar-refractivity contribution >= 4 is 61.8 Å². The monoisotopic (exact) mass is 454 g/mol. The van der Waals surface area contributed by atoms with Gasteiger partial charge in [0, 0.05) is 17.8 Å². The lowest BCUT2D eigenvalue weighted by molar-refractivity contribution is -0.116. The van der Waals surface area contributed by atoms with Gasteiger partial charge in [-0.25, -0.2) is 8.42 Å². The predicted octanol–water partition coefficient (Wildman–Crippen LogP) is 5.43. The van der Waals surface area contributed by atoms with Crippen LogP contribution in [0.4, 0.5) is 11.4 Å². The molecule has 0 aliphatic heterocycles. The van der Waals surface area contributed by atoms with Crippen LogP contribution in [-0.4, -0.2) is 14.3 Å². The Hall–Kier alpha value is -2.06. The molecule has 0 aliphatic carbocycles. The molecule has 2 N–H and O–H groups in total. The number of hydrogen-bond acceptors (Lipinski definition) is 4. The number of benzene rings is 2. The summed E-state index contributed by atoms with van der Waals surface area (Å²) in [5.74, 6) is -0.109. The smallest absolute Gasteiger partial charge is 0.264 e. The summed E-state index contributed by atoms with van der Waals surface area (Å²) in [7, 11) is -3.94. The molecule has 0 bridgehead atoms. The normalized spacial score (nSPS) is 11.2. The zero-order valence-corrected chi connectivity index (χ0v) is 17.6. The minimum Gasteiger partial charge on any atom is -0.326 e. The maximum absolute atomic E-state index is 12.6. The molecule has 0 unspecified atom stereocenters. The van der Waals surface area contributed by atoms with Crippen molar-refractivity contribution in [2.24, 2.45) is 0 Å². The number of carbonyl (C=O) groups is 1. The van der Waals surface area contributed by atoms with Crippen molar-refractivity contribution in [1.82, 2.24) is 0 Å². The van der Waals surface area contributed by atoms with E-state index < -0.39 is 10.0 Å². The van der Waals surface area contributed by atoms with Gasteiger partial charge in [-0.1, -0.05) is 29.3 Å². The molecule has 146 valence electrons. The third-order valence-electron chi connectivity index (χ3n) is 3.83. The highest BCUT2D eigenvalue weighted by Crippen LogP contribution is 2.30. The molecular weight excluding hydrogens is 439 g/mol. The van der Waals surface area contributed by atoms with Crippen molar-refractivity contribution in [3.8, 4) is 0 Å². The highest BCUT2D eigenvalue weighted by atomic mass is 35.5. The quantitative estimate of drug-likeness (QED) is 0.499. The number of anilines is 2. The zero-order chi connectivity index (χ0) is 20.1. The lowest BCUT2D eigenvalue weighted by Gasteiger charge is -2.12. The molecule has 1 heterocycles. The summed E-state index contributed by atoms with van der Waals surface area (Å²) in [6.07, 6.45) is 1.04. The van der Waals surface area contributed by atoms with Crippen LogP contribution in [0.15, 0.2) is 64.2 Å². The van der Waals surface area contributed by atoms with Crippen molar-refractivity contribution in [3.63, 3.8) is 0 Å². The van der Waals surface area contributed by atoms with Gasteiger partial charge < -0.3 is 5.32 Å².